The molecule has 0 aliphatic heterocycles. The fourth-order valence-electron chi connectivity index (χ4n) is 2.12. The fourth-order valence-corrected chi connectivity index (χ4v) is 2.12. The summed E-state index contributed by atoms with van der Waals surface area (Å²) in [6.45, 7) is 1.94. The van der Waals surface area contributed by atoms with Crippen molar-refractivity contribution in [3.05, 3.63) is 65.2 Å². The molecule has 0 aliphatic carbocycles. The van der Waals surface area contributed by atoms with Crippen molar-refractivity contribution in [2.24, 2.45) is 5.73 Å². The highest BCUT2D eigenvalue weighted by molar-refractivity contribution is 5.85. The number of phenols is 1. The molecular weight excluding hydrogens is 258 g/mol. The third-order valence-electron chi connectivity index (χ3n) is 3.37. The van der Waals surface area contributed by atoms with Crippen molar-refractivity contribution < 1.29 is 5.11 Å². The number of phenolic OH excluding ortho intramolecular Hbond substituents is 1. The van der Waals surface area contributed by atoms with Crippen LogP contribution in [0.1, 0.15) is 29.2 Å². The second-order valence-corrected chi connectivity index (χ2v) is 4.62. The molecule has 0 fully saturated rings. The van der Waals surface area contributed by atoms with Crippen molar-refractivity contribution >= 4 is 12.4 Å². The molecule has 0 aromatic heterocycles. The molecule has 0 bridgehead atoms. The Labute approximate surface area is 120 Å². The van der Waals surface area contributed by atoms with Gasteiger partial charge in [0.15, 0.2) is 0 Å². The van der Waals surface area contributed by atoms with E-state index in [1.165, 1.54) is 5.56 Å². The largest absolute Gasteiger partial charge is 0.508 e. The van der Waals surface area contributed by atoms with Crippen LogP contribution in [0.5, 0.6) is 5.75 Å². The fraction of sp³-hybridized carbons (Fsp3) is 0.250. The Morgan fingerprint density at radius 3 is 2.42 bits per heavy atom. The van der Waals surface area contributed by atoms with Gasteiger partial charge in [0.25, 0.3) is 0 Å². The van der Waals surface area contributed by atoms with E-state index < -0.39 is 0 Å². The van der Waals surface area contributed by atoms with Gasteiger partial charge in [0.2, 0.25) is 0 Å². The molecule has 19 heavy (non-hydrogen) atoms. The van der Waals surface area contributed by atoms with E-state index in [9.17, 15) is 5.11 Å². The summed E-state index contributed by atoms with van der Waals surface area (Å²) in [5.41, 5.74) is 9.45. The second-order valence-electron chi connectivity index (χ2n) is 4.62. The molecule has 1 atom stereocenters. The molecule has 0 saturated carbocycles. The third kappa shape index (κ3) is 3.98. The maximum atomic E-state index is 9.65. The molecule has 102 valence electrons. The second kappa shape index (κ2) is 7.17. The van der Waals surface area contributed by atoms with Crippen LogP contribution in [0.3, 0.4) is 0 Å². The van der Waals surface area contributed by atoms with Gasteiger partial charge in [-0.1, -0.05) is 42.5 Å². The summed E-state index contributed by atoms with van der Waals surface area (Å²) < 4.78 is 0. The van der Waals surface area contributed by atoms with E-state index >= 15 is 0 Å². The normalized spacial score (nSPS) is 11.7. The van der Waals surface area contributed by atoms with Crippen molar-refractivity contribution in [1.29, 1.82) is 0 Å². The van der Waals surface area contributed by atoms with Gasteiger partial charge in [0.05, 0.1) is 0 Å². The molecule has 0 saturated heterocycles. The average molecular weight is 278 g/mol. The number of hydrogen-bond donors (Lipinski definition) is 2. The van der Waals surface area contributed by atoms with E-state index in [1.807, 2.05) is 37.3 Å². The maximum Gasteiger partial charge on any atom is 0.118 e. The highest BCUT2D eigenvalue weighted by Crippen LogP contribution is 2.23. The Kier molecular flexibility index (Phi) is 5.87. The SMILES string of the molecule is Cc1c(O)cccc1CCC(N)c1ccccc1.Cl. The minimum absolute atomic E-state index is 0. The lowest BCUT2D eigenvalue weighted by molar-refractivity contribution is 0.469. The highest BCUT2D eigenvalue weighted by atomic mass is 35.5. The molecule has 2 aromatic carbocycles. The number of aromatic hydroxyl groups is 1. The lowest BCUT2D eigenvalue weighted by atomic mass is 9.97. The van der Waals surface area contributed by atoms with Crippen LogP contribution in [0.4, 0.5) is 0 Å². The third-order valence-corrected chi connectivity index (χ3v) is 3.37. The van der Waals surface area contributed by atoms with Crippen molar-refractivity contribution in [1.82, 2.24) is 0 Å². The van der Waals surface area contributed by atoms with Gasteiger partial charge in [0, 0.05) is 6.04 Å². The summed E-state index contributed by atoms with van der Waals surface area (Å²) >= 11 is 0. The summed E-state index contributed by atoms with van der Waals surface area (Å²) in [6.07, 6.45) is 1.77. The molecular formula is C16H20ClNO. The van der Waals surface area contributed by atoms with Crippen LogP contribution in [0.2, 0.25) is 0 Å². The predicted octanol–water partition coefficient (Wildman–Crippen LogP) is 3.76. The molecule has 3 heteroatoms. The van der Waals surface area contributed by atoms with E-state index in [2.05, 4.69) is 12.1 Å². The van der Waals surface area contributed by atoms with Gasteiger partial charge in [-0.25, -0.2) is 0 Å². The summed E-state index contributed by atoms with van der Waals surface area (Å²) in [6, 6.07) is 15.8. The van der Waals surface area contributed by atoms with Crippen LogP contribution < -0.4 is 5.73 Å². The maximum absolute atomic E-state index is 9.65. The Morgan fingerprint density at radius 1 is 1.05 bits per heavy atom. The lowest BCUT2D eigenvalue weighted by Gasteiger charge is -2.13. The van der Waals surface area contributed by atoms with Crippen molar-refractivity contribution in [3.8, 4) is 5.75 Å². The molecule has 2 nitrogen and oxygen atoms in total. The Balaban J connectivity index is 0.00000180. The number of halogens is 1. The van der Waals surface area contributed by atoms with Gasteiger partial charge in [0.1, 0.15) is 5.75 Å². The van der Waals surface area contributed by atoms with Crippen LogP contribution in [-0.4, -0.2) is 5.11 Å². The summed E-state index contributed by atoms with van der Waals surface area (Å²) in [5.74, 6) is 0.362. The summed E-state index contributed by atoms with van der Waals surface area (Å²) in [5, 5.41) is 9.65. The molecule has 1 unspecified atom stereocenters. The molecule has 0 radical (unpaired) electrons. The monoisotopic (exact) mass is 277 g/mol. The lowest BCUT2D eigenvalue weighted by Crippen LogP contribution is -2.11. The topological polar surface area (TPSA) is 46.2 Å². The van der Waals surface area contributed by atoms with E-state index in [0.29, 0.717) is 5.75 Å². The molecule has 0 aliphatic rings. The number of benzene rings is 2. The van der Waals surface area contributed by atoms with Gasteiger partial charge in [-0.2, -0.15) is 0 Å². The van der Waals surface area contributed by atoms with E-state index in [4.69, 9.17) is 5.73 Å². The van der Waals surface area contributed by atoms with Crippen LogP contribution in [0.25, 0.3) is 0 Å². The highest BCUT2D eigenvalue weighted by Gasteiger charge is 2.08. The van der Waals surface area contributed by atoms with E-state index in [0.717, 1.165) is 24.0 Å². The van der Waals surface area contributed by atoms with Crippen LogP contribution in [0, 0.1) is 6.92 Å². The smallest absolute Gasteiger partial charge is 0.118 e. The average Bonchev–Trinajstić information content (AvgIpc) is 2.41. The van der Waals surface area contributed by atoms with Gasteiger partial charge in [-0.15, -0.1) is 12.4 Å². The first-order valence-electron chi connectivity index (χ1n) is 6.26. The van der Waals surface area contributed by atoms with Crippen molar-refractivity contribution in [2.45, 2.75) is 25.8 Å². The quantitative estimate of drug-likeness (QED) is 0.894. The van der Waals surface area contributed by atoms with Crippen LogP contribution in [0.15, 0.2) is 48.5 Å². The van der Waals surface area contributed by atoms with Gasteiger partial charge in [-0.3, -0.25) is 0 Å². The van der Waals surface area contributed by atoms with Crippen LogP contribution >= 0.6 is 12.4 Å². The minimum atomic E-state index is 0. The molecule has 3 N–H and O–H groups in total. The first-order valence-corrected chi connectivity index (χ1v) is 6.26. The number of aryl methyl sites for hydroxylation is 1. The molecule has 2 aromatic rings. The zero-order chi connectivity index (χ0) is 13.0. The summed E-state index contributed by atoms with van der Waals surface area (Å²) in [7, 11) is 0. The Bertz CT molecular complexity index is 513. The zero-order valence-corrected chi connectivity index (χ0v) is 11.9. The number of rotatable bonds is 4. The Morgan fingerprint density at radius 2 is 1.74 bits per heavy atom. The Hall–Kier alpha value is -1.51. The number of hydrogen-bond acceptors (Lipinski definition) is 2. The van der Waals surface area contributed by atoms with Gasteiger partial charge < -0.3 is 10.8 Å². The minimum Gasteiger partial charge on any atom is -0.508 e. The zero-order valence-electron chi connectivity index (χ0n) is 11.0. The van der Waals surface area contributed by atoms with Gasteiger partial charge in [-0.05, 0) is 42.5 Å². The standard InChI is InChI=1S/C16H19NO.ClH/c1-12-13(8-5-9-16(12)18)10-11-15(17)14-6-3-2-4-7-14;/h2-9,15,18H,10-11,17H2,1H3;1H. The molecule has 0 heterocycles. The van der Waals surface area contributed by atoms with Crippen molar-refractivity contribution in [2.75, 3.05) is 0 Å². The first kappa shape index (κ1) is 15.5. The molecule has 0 amide bonds. The van der Waals surface area contributed by atoms with Gasteiger partial charge >= 0.3 is 0 Å². The van der Waals surface area contributed by atoms with E-state index in [-0.39, 0.29) is 18.4 Å². The summed E-state index contributed by atoms with van der Waals surface area (Å²) in [4.78, 5) is 0. The van der Waals surface area contributed by atoms with E-state index in [1.54, 1.807) is 6.07 Å². The first-order chi connectivity index (χ1) is 8.68. The molecule has 0 spiro atoms. The predicted molar refractivity (Wildman–Crippen MR) is 81.8 cm³/mol. The number of nitrogens with two attached hydrogens (primary N) is 1. The molecule has 2 rings (SSSR count). The van der Waals surface area contributed by atoms with Crippen LogP contribution in [-0.2, 0) is 6.42 Å². The van der Waals surface area contributed by atoms with Crippen molar-refractivity contribution in [3.63, 3.8) is 0 Å².